The van der Waals surface area contributed by atoms with Crippen LogP contribution in [0.25, 0.3) is 6.08 Å². The average molecular weight is 280 g/mol. The first-order valence-corrected chi connectivity index (χ1v) is 6.48. The number of carbonyl (C=O) groups excluding carboxylic acids is 2. The second kappa shape index (κ2) is 5.63. The second-order valence-corrected chi connectivity index (χ2v) is 4.52. The molecule has 0 N–H and O–H groups in total. The van der Waals surface area contributed by atoms with Crippen LogP contribution in [0.4, 0.5) is 0 Å². The van der Waals surface area contributed by atoms with Crippen LogP contribution in [0.15, 0.2) is 66.2 Å². The molecule has 0 aliphatic carbocycles. The van der Waals surface area contributed by atoms with Crippen LogP contribution < -0.4 is 0 Å². The van der Waals surface area contributed by atoms with Crippen molar-refractivity contribution in [1.29, 1.82) is 0 Å². The Kier molecular flexibility index (Phi) is 3.51. The summed E-state index contributed by atoms with van der Waals surface area (Å²) >= 11 is 0. The van der Waals surface area contributed by atoms with Crippen LogP contribution in [0, 0.1) is 0 Å². The fourth-order valence-electron chi connectivity index (χ4n) is 2.01. The Hall–Kier alpha value is -2.88. The van der Waals surface area contributed by atoms with Crippen LogP contribution >= 0.6 is 0 Å². The van der Waals surface area contributed by atoms with E-state index in [0.717, 1.165) is 5.56 Å². The standard InChI is InChI=1S/C17H12O4/c18-15-14(11-12-7-3-1-4-8-12)16(19)21-17(20-15)13-9-5-2-6-10-13/h1-11,17H. The van der Waals surface area contributed by atoms with Crippen molar-refractivity contribution >= 4 is 18.0 Å². The van der Waals surface area contributed by atoms with E-state index in [2.05, 4.69) is 0 Å². The van der Waals surface area contributed by atoms with Crippen molar-refractivity contribution < 1.29 is 19.1 Å². The number of ether oxygens (including phenoxy) is 2. The van der Waals surface area contributed by atoms with Crippen molar-refractivity contribution in [3.05, 3.63) is 77.4 Å². The maximum Gasteiger partial charge on any atom is 0.348 e. The molecule has 1 fully saturated rings. The van der Waals surface area contributed by atoms with Crippen LogP contribution in [0.3, 0.4) is 0 Å². The van der Waals surface area contributed by atoms with E-state index in [1.165, 1.54) is 6.08 Å². The molecule has 0 aromatic heterocycles. The molecular weight excluding hydrogens is 268 g/mol. The molecule has 104 valence electrons. The normalized spacial score (nSPS) is 17.9. The monoisotopic (exact) mass is 280 g/mol. The van der Waals surface area contributed by atoms with Crippen LogP contribution in [-0.4, -0.2) is 11.9 Å². The molecule has 0 atom stereocenters. The number of hydrogen-bond donors (Lipinski definition) is 0. The number of hydrogen-bond acceptors (Lipinski definition) is 4. The van der Waals surface area contributed by atoms with Crippen molar-refractivity contribution in [3.63, 3.8) is 0 Å². The lowest BCUT2D eigenvalue weighted by Gasteiger charge is -2.23. The number of benzene rings is 2. The Morgan fingerprint density at radius 1 is 0.762 bits per heavy atom. The van der Waals surface area contributed by atoms with E-state index in [0.29, 0.717) is 5.56 Å². The molecule has 1 saturated heterocycles. The maximum absolute atomic E-state index is 12.0. The van der Waals surface area contributed by atoms with Gasteiger partial charge < -0.3 is 9.47 Å². The quantitative estimate of drug-likeness (QED) is 0.482. The summed E-state index contributed by atoms with van der Waals surface area (Å²) in [6.45, 7) is 0. The van der Waals surface area contributed by atoms with Gasteiger partial charge in [-0.2, -0.15) is 0 Å². The van der Waals surface area contributed by atoms with Crippen LogP contribution in [0.2, 0.25) is 0 Å². The number of carbonyl (C=O) groups is 2. The van der Waals surface area contributed by atoms with Crippen molar-refractivity contribution in [3.8, 4) is 0 Å². The van der Waals surface area contributed by atoms with Gasteiger partial charge in [0.25, 0.3) is 6.29 Å². The van der Waals surface area contributed by atoms with E-state index in [1.807, 2.05) is 24.3 Å². The number of rotatable bonds is 2. The summed E-state index contributed by atoms with van der Waals surface area (Å²) in [5, 5.41) is 0. The Bertz CT molecular complexity index is 669. The molecule has 1 aliphatic rings. The van der Waals surface area contributed by atoms with Gasteiger partial charge in [-0.15, -0.1) is 0 Å². The summed E-state index contributed by atoms with van der Waals surface area (Å²) in [6.07, 6.45) is 0.477. The molecule has 0 unspecified atom stereocenters. The molecule has 2 aromatic rings. The molecule has 21 heavy (non-hydrogen) atoms. The highest BCUT2D eigenvalue weighted by molar-refractivity contribution is 6.18. The highest BCUT2D eigenvalue weighted by Crippen LogP contribution is 2.27. The maximum atomic E-state index is 12.0. The number of esters is 2. The Balaban J connectivity index is 1.84. The smallest absolute Gasteiger partial charge is 0.348 e. The van der Waals surface area contributed by atoms with Gasteiger partial charge in [0.15, 0.2) is 0 Å². The first kappa shape index (κ1) is 13.1. The molecule has 4 heteroatoms. The van der Waals surface area contributed by atoms with E-state index in [9.17, 15) is 9.59 Å². The minimum Gasteiger partial charge on any atom is -0.417 e. The summed E-state index contributed by atoms with van der Waals surface area (Å²) in [6, 6.07) is 17.9. The van der Waals surface area contributed by atoms with Crippen LogP contribution in [0.5, 0.6) is 0 Å². The van der Waals surface area contributed by atoms with E-state index >= 15 is 0 Å². The van der Waals surface area contributed by atoms with Gasteiger partial charge in [0, 0.05) is 5.56 Å². The van der Waals surface area contributed by atoms with Crippen molar-refractivity contribution in [2.75, 3.05) is 0 Å². The van der Waals surface area contributed by atoms with E-state index < -0.39 is 18.2 Å². The zero-order valence-electron chi connectivity index (χ0n) is 11.1. The lowest BCUT2D eigenvalue weighted by Crippen LogP contribution is -2.29. The predicted octanol–water partition coefficient (Wildman–Crippen LogP) is 2.87. The topological polar surface area (TPSA) is 52.6 Å². The molecule has 1 heterocycles. The predicted molar refractivity (Wildman–Crippen MR) is 75.8 cm³/mol. The second-order valence-electron chi connectivity index (χ2n) is 4.52. The molecule has 0 spiro atoms. The van der Waals surface area contributed by atoms with Gasteiger partial charge in [0.05, 0.1) is 0 Å². The van der Waals surface area contributed by atoms with E-state index in [4.69, 9.17) is 9.47 Å². The average Bonchev–Trinajstić information content (AvgIpc) is 2.52. The molecule has 3 rings (SSSR count). The Labute approximate surface area is 121 Å². The first-order chi connectivity index (χ1) is 10.2. The zero-order chi connectivity index (χ0) is 14.7. The van der Waals surface area contributed by atoms with E-state index in [-0.39, 0.29) is 5.57 Å². The number of cyclic esters (lactones) is 2. The van der Waals surface area contributed by atoms with Gasteiger partial charge in [-0.1, -0.05) is 60.7 Å². The molecule has 2 aromatic carbocycles. The van der Waals surface area contributed by atoms with Crippen molar-refractivity contribution in [2.45, 2.75) is 6.29 Å². The van der Waals surface area contributed by atoms with Crippen molar-refractivity contribution in [2.24, 2.45) is 0 Å². The van der Waals surface area contributed by atoms with Gasteiger partial charge in [-0.25, -0.2) is 9.59 Å². The van der Waals surface area contributed by atoms with Gasteiger partial charge in [-0.05, 0) is 11.6 Å². The SMILES string of the molecule is O=C1OC(c2ccccc2)OC(=O)C1=Cc1ccccc1. The third kappa shape index (κ3) is 2.84. The fourth-order valence-corrected chi connectivity index (χ4v) is 2.01. The highest BCUT2D eigenvalue weighted by atomic mass is 16.7. The molecule has 0 bridgehead atoms. The third-order valence-electron chi connectivity index (χ3n) is 3.05. The lowest BCUT2D eigenvalue weighted by atomic mass is 10.1. The lowest BCUT2D eigenvalue weighted by molar-refractivity contribution is -0.195. The first-order valence-electron chi connectivity index (χ1n) is 6.48. The summed E-state index contributed by atoms with van der Waals surface area (Å²) in [7, 11) is 0. The Morgan fingerprint density at radius 3 is 1.86 bits per heavy atom. The minimum atomic E-state index is -0.987. The van der Waals surface area contributed by atoms with Crippen molar-refractivity contribution in [1.82, 2.24) is 0 Å². The zero-order valence-corrected chi connectivity index (χ0v) is 11.1. The van der Waals surface area contributed by atoms with E-state index in [1.54, 1.807) is 36.4 Å². The minimum absolute atomic E-state index is 0.103. The molecule has 0 saturated carbocycles. The summed E-state index contributed by atoms with van der Waals surface area (Å²) in [5.74, 6) is -1.35. The van der Waals surface area contributed by atoms with Gasteiger partial charge in [-0.3, -0.25) is 0 Å². The highest BCUT2D eigenvalue weighted by Gasteiger charge is 2.34. The third-order valence-corrected chi connectivity index (χ3v) is 3.05. The molecule has 1 aliphatic heterocycles. The van der Waals surface area contributed by atoms with Crippen LogP contribution in [0.1, 0.15) is 17.4 Å². The fraction of sp³-hybridized carbons (Fsp3) is 0.0588. The summed E-state index contributed by atoms with van der Waals surface area (Å²) in [4.78, 5) is 24.0. The molecule has 4 nitrogen and oxygen atoms in total. The van der Waals surface area contributed by atoms with Crippen LogP contribution in [-0.2, 0) is 19.1 Å². The molecular formula is C17H12O4. The Morgan fingerprint density at radius 2 is 1.29 bits per heavy atom. The molecule has 0 amide bonds. The largest absolute Gasteiger partial charge is 0.417 e. The van der Waals surface area contributed by atoms with Gasteiger partial charge in [0.1, 0.15) is 5.57 Å². The molecule has 0 radical (unpaired) electrons. The van der Waals surface area contributed by atoms with Gasteiger partial charge in [0.2, 0.25) is 0 Å². The van der Waals surface area contributed by atoms with Gasteiger partial charge >= 0.3 is 11.9 Å². The summed E-state index contributed by atoms with van der Waals surface area (Å²) in [5.41, 5.74) is 1.26. The summed E-state index contributed by atoms with van der Waals surface area (Å²) < 4.78 is 10.4.